The van der Waals surface area contributed by atoms with E-state index in [4.69, 9.17) is 4.42 Å². The molecule has 1 amide bonds. The Balaban J connectivity index is 1.69. The van der Waals surface area contributed by atoms with Gasteiger partial charge in [0.05, 0.1) is 34.7 Å². The number of fused-ring (bicyclic) bond motifs is 1. The molecule has 4 rings (SSSR count). The molecule has 0 spiro atoms. The minimum atomic E-state index is -0.271. The molecule has 0 radical (unpaired) electrons. The van der Waals surface area contributed by atoms with Gasteiger partial charge in [-0.25, -0.2) is 4.98 Å². The van der Waals surface area contributed by atoms with Crippen molar-refractivity contribution >= 4 is 22.6 Å². The summed E-state index contributed by atoms with van der Waals surface area (Å²) in [4.78, 5) is 19.8. The summed E-state index contributed by atoms with van der Waals surface area (Å²) >= 11 is 0. The summed E-state index contributed by atoms with van der Waals surface area (Å²) < 4.78 is 4.91. The molecular weight excluding hydrogens is 282 g/mol. The maximum Gasteiger partial charge on any atom is 0.259 e. The molecule has 7 nitrogen and oxygen atoms in total. The van der Waals surface area contributed by atoms with E-state index in [9.17, 15) is 4.79 Å². The Morgan fingerprint density at radius 1 is 1.23 bits per heavy atom. The summed E-state index contributed by atoms with van der Waals surface area (Å²) in [6.07, 6.45) is 4.38. The van der Waals surface area contributed by atoms with Crippen LogP contribution in [0.3, 0.4) is 0 Å². The standard InChI is InChI=1S/C15H11N5O2/c21-15(9-5-6-22-8-9)19-12-7-16-20-13(12)14-17-10-3-1-2-4-11(10)18-14/h1-8H,(H,16,20)(H,17,18)(H,19,21). The Morgan fingerprint density at radius 2 is 2.14 bits per heavy atom. The molecule has 3 aromatic heterocycles. The Kier molecular flexibility index (Phi) is 2.75. The number of aromatic amines is 2. The van der Waals surface area contributed by atoms with E-state index in [1.807, 2.05) is 24.3 Å². The van der Waals surface area contributed by atoms with Crippen LogP contribution in [0.15, 0.2) is 53.5 Å². The highest BCUT2D eigenvalue weighted by Gasteiger charge is 2.15. The van der Waals surface area contributed by atoms with E-state index >= 15 is 0 Å². The highest BCUT2D eigenvalue weighted by atomic mass is 16.3. The van der Waals surface area contributed by atoms with Crippen molar-refractivity contribution in [1.29, 1.82) is 0 Å². The van der Waals surface area contributed by atoms with Gasteiger partial charge >= 0.3 is 0 Å². The largest absolute Gasteiger partial charge is 0.472 e. The summed E-state index contributed by atoms with van der Waals surface area (Å²) in [6, 6.07) is 9.29. The molecule has 0 aliphatic rings. The van der Waals surface area contributed by atoms with Crippen LogP contribution < -0.4 is 5.32 Å². The number of nitrogens with zero attached hydrogens (tertiary/aromatic N) is 2. The van der Waals surface area contributed by atoms with Crippen molar-refractivity contribution in [2.24, 2.45) is 0 Å². The SMILES string of the molecule is O=C(Nc1cn[nH]c1-c1nc2ccccc2[nH]1)c1ccoc1. The van der Waals surface area contributed by atoms with E-state index in [-0.39, 0.29) is 5.91 Å². The predicted octanol–water partition coefficient (Wildman–Crippen LogP) is 2.80. The Labute approximate surface area is 124 Å². The van der Waals surface area contributed by atoms with Gasteiger partial charge in [-0.2, -0.15) is 5.10 Å². The van der Waals surface area contributed by atoms with Gasteiger partial charge in [0.15, 0.2) is 5.82 Å². The van der Waals surface area contributed by atoms with Gasteiger partial charge in [-0.1, -0.05) is 12.1 Å². The van der Waals surface area contributed by atoms with Gasteiger partial charge in [-0.3, -0.25) is 9.89 Å². The van der Waals surface area contributed by atoms with Gasteiger partial charge in [0.2, 0.25) is 0 Å². The summed E-state index contributed by atoms with van der Waals surface area (Å²) in [5.41, 5.74) is 3.37. The monoisotopic (exact) mass is 293 g/mol. The predicted molar refractivity (Wildman–Crippen MR) is 80.3 cm³/mol. The molecule has 0 unspecified atom stereocenters. The van der Waals surface area contributed by atoms with Crippen LogP contribution in [0.1, 0.15) is 10.4 Å². The number of aromatic nitrogens is 4. The number of rotatable bonds is 3. The smallest absolute Gasteiger partial charge is 0.259 e. The molecule has 0 bridgehead atoms. The highest BCUT2D eigenvalue weighted by Crippen LogP contribution is 2.25. The number of hydrogen-bond acceptors (Lipinski definition) is 4. The third-order valence-corrected chi connectivity index (χ3v) is 3.30. The van der Waals surface area contributed by atoms with Crippen LogP contribution in [0.4, 0.5) is 5.69 Å². The lowest BCUT2D eigenvalue weighted by atomic mass is 10.3. The summed E-state index contributed by atoms with van der Waals surface area (Å²) in [5, 5.41) is 9.61. The number of benzene rings is 1. The minimum absolute atomic E-state index is 0.271. The summed E-state index contributed by atoms with van der Waals surface area (Å²) in [5.74, 6) is 0.341. The Morgan fingerprint density at radius 3 is 2.95 bits per heavy atom. The van der Waals surface area contributed by atoms with Gasteiger partial charge in [0, 0.05) is 0 Å². The van der Waals surface area contributed by atoms with Gasteiger partial charge in [0.25, 0.3) is 5.91 Å². The van der Waals surface area contributed by atoms with Gasteiger partial charge in [-0.15, -0.1) is 0 Å². The first-order valence-electron chi connectivity index (χ1n) is 6.63. The first-order chi connectivity index (χ1) is 10.8. The molecule has 108 valence electrons. The lowest BCUT2D eigenvalue weighted by Gasteiger charge is -2.02. The number of carbonyl (C=O) groups excluding carboxylic acids is 1. The molecule has 1 aromatic carbocycles. The average molecular weight is 293 g/mol. The van der Waals surface area contributed by atoms with Gasteiger partial charge in [-0.05, 0) is 18.2 Å². The van der Waals surface area contributed by atoms with Crippen molar-refractivity contribution in [2.45, 2.75) is 0 Å². The van der Waals surface area contributed by atoms with E-state index in [1.165, 1.54) is 12.5 Å². The molecule has 7 heteroatoms. The van der Waals surface area contributed by atoms with Crippen LogP contribution >= 0.6 is 0 Å². The van der Waals surface area contributed by atoms with Crippen LogP contribution in [0.5, 0.6) is 0 Å². The number of furan rings is 1. The van der Waals surface area contributed by atoms with E-state index in [0.29, 0.717) is 22.8 Å². The topological polar surface area (TPSA) is 99.6 Å². The molecule has 0 saturated heterocycles. The fourth-order valence-corrected chi connectivity index (χ4v) is 2.22. The molecule has 0 aliphatic heterocycles. The molecule has 3 N–H and O–H groups in total. The normalized spacial score (nSPS) is 10.9. The van der Waals surface area contributed by atoms with Crippen molar-refractivity contribution in [2.75, 3.05) is 5.32 Å². The van der Waals surface area contributed by atoms with Gasteiger partial charge < -0.3 is 14.7 Å². The number of para-hydroxylation sites is 2. The molecule has 0 fully saturated rings. The second-order valence-corrected chi connectivity index (χ2v) is 4.73. The number of nitrogens with one attached hydrogen (secondary N) is 3. The molecule has 3 heterocycles. The number of H-pyrrole nitrogens is 2. The molecule has 0 saturated carbocycles. The van der Waals surface area contributed by atoms with E-state index in [1.54, 1.807) is 12.3 Å². The molecule has 22 heavy (non-hydrogen) atoms. The lowest BCUT2D eigenvalue weighted by Crippen LogP contribution is -2.11. The molecule has 0 atom stereocenters. The number of hydrogen-bond donors (Lipinski definition) is 3. The summed E-state index contributed by atoms with van der Waals surface area (Å²) in [7, 11) is 0. The van der Waals surface area contributed by atoms with Crippen LogP contribution in [0.2, 0.25) is 0 Å². The third kappa shape index (κ3) is 2.05. The maximum absolute atomic E-state index is 12.1. The van der Waals surface area contributed by atoms with E-state index in [2.05, 4.69) is 25.5 Å². The Hall–Kier alpha value is -3.35. The lowest BCUT2D eigenvalue weighted by molar-refractivity contribution is 0.102. The third-order valence-electron chi connectivity index (χ3n) is 3.30. The quantitative estimate of drug-likeness (QED) is 0.540. The highest BCUT2D eigenvalue weighted by molar-refractivity contribution is 6.05. The zero-order valence-corrected chi connectivity index (χ0v) is 11.3. The second-order valence-electron chi connectivity index (χ2n) is 4.73. The first kappa shape index (κ1) is 12.4. The van der Waals surface area contributed by atoms with Crippen molar-refractivity contribution < 1.29 is 9.21 Å². The fourth-order valence-electron chi connectivity index (χ4n) is 2.22. The zero-order chi connectivity index (χ0) is 14.9. The van der Waals surface area contributed by atoms with Crippen LogP contribution in [-0.4, -0.2) is 26.1 Å². The van der Waals surface area contributed by atoms with Gasteiger partial charge in [0.1, 0.15) is 12.0 Å². The van der Waals surface area contributed by atoms with Crippen molar-refractivity contribution in [3.05, 3.63) is 54.6 Å². The molecule has 4 aromatic rings. The van der Waals surface area contributed by atoms with Crippen molar-refractivity contribution in [3.63, 3.8) is 0 Å². The van der Waals surface area contributed by atoms with Crippen molar-refractivity contribution in [1.82, 2.24) is 20.2 Å². The number of anilines is 1. The van der Waals surface area contributed by atoms with E-state index in [0.717, 1.165) is 11.0 Å². The van der Waals surface area contributed by atoms with Crippen molar-refractivity contribution in [3.8, 4) is 11.5 Å². The van der Waals surface area contributed by atoms with Crippen LogP contribution in [0, 0.1) is 0 Å². The Bertz CT molecular complexity index is 903. The average Bonchev–Trinajstić information content (AvgIpc) is 3.26. The van der Waals surface area contributed by atoms with Crippen LogP contribution in [0.25, 0.3) is 22.6 Å². The zero-order valence-electron chi connectivity index (χ0n) is 11.3. The minimum Gasteiger partial charge on any atom is -0.472 e. The maximum atomic E-state index is 12.1. The van der Waals surface area contributed by atoms with E-state index < -0.39 is 0 Å². The summed E-state index contributed by atoms with van der Waals surface area (Å²) in [6.45, 7) is 0. The second kappa shape index (κ2) is 4.88. The fraction of sp³-hybridized carbons (Fsp3) is 0. The molecule has 0 aliphatic carbocycles. The number of carbonyl (C=O) groups is 1. The van der Waals surface area contributed by atoms with Crippen LogP contribution in [-0.2, 0) is 0 Å². The first-order valence-corrected chi connectivity index (χ1v) is 6.63. The molecular formula is C15H11N5O2. The number of imidazole rings is 1. The number of amides is 1.